The highest BCUT2D eigenvalue weighted by atomic mass is 19.4. The molecule has 4 rings (SSSR count). The standard InChI is InChI=1S/C27H24F3N3O3/c1-2-36-25-6-4-3-5-21(25)22-9-7-18(16-32-22)17-11-12-33(24(14-17)26(34)35)23-10-8-20(27(28,29)30)13-19(23)15-31/h3-10,13,16-17,24H,2,11-12,14H2,1H3,(H,34,35). The molecule has 1 N–H and O–H groups in total. The second kappa shape index (κ2) is 10.3. The van der Waals surface area contributed by atoms with Gasteiger partial charge in [-0.1, -0.05) is 18.2 Å². The topological polar surface area (TPSA) is 86.5 Å². The molecule has 1 fully saturated rings. The second-order valence-electron chi connectivity index (χ2n) is 8.52. The van der Waals surface area contributed by atoms with Crippen molar-refractivity contribution in [1.82, 2.24) is 4.98 Å². The summed E-state index contributed by atoms with van der Waals surface area (Å²) in [5.74, 6) is -0.478. The van der Waals surface area contributed by atoms with Crippen molar-refractivity contribution in [2.45, 2.75) is 37.9 Å². The van der Waals surface area contributed by atoms with Gasteiger partial charge in [0.05, 0.1) is 29.1 Å². The van der Waals surface area contributed by atoms with Crippen LogP contribution in [-0.2, 0) is 11.0 Å². The fourth-order valence-electron chi connectivity index (χ4n) is 4.61. The molecule has 2 unspecified atom stereocenters. The van der Waals surface area contributed by atoms with Gasteiger partial charge in [-0.3, -0.25) is 4.98 Å². The van der Waals surface area contributed by atoms with E-state index in [0.29, 0.717) is 13.0 Å². The van der Waals surface area contributed by atoms with Crippen LogP contribution in [0.25, 0.3) is 11.3 Å². The SMILES string of the molecule is CCOc1ccccc1-c1ccc(C2CCN(c3ccc(C(F)(F)F)cc3C#N)C(C(=O)O)C2)cn1. The predicted octanol–water partition coefficient (Wildman–Crippen LogP) is 5.87. The van der Waals surface area contributed by atoms with E-state index in [1.807, 2.05) is 43.3 Å². The minimum Gasteiger partial charge on any atom is -0.493 e. The number of aliphatic carboxylic acids is 1. The first kappa shape index (κ1) is 25.0. The van der Waals surface area contributed by atoms with Crippen LogP contribution in [0.5, 0.6) is 5.75 Å². The summed E-state index contributed by atoms with van der Waals surface area (Å²) >= 11 is 0. The van der Waals surface area contributed by atoms with Crippen molar-refractivity contribution >= 4 is 11.7 Å². The lowest BCUT2D eigenvalue weighted by molar-refractivity contribution is -0.139. The van der Waals surface area contributed by atoms with E-state index in [-0.39, 0.29) is 30.1 Å². The van der Waals surface area contributed by atoms with Crippen LogP contribution in [0.15, 0.2) is 60.8 Å². The summed E-state index contributed by atoms with van der Waals surface area (Å²) in [7, 11) is 0. The quantitative estimate of drug-likeness (QED) is 0.460. The van der Waals surface area contributed by atoms with E-state index >= 15 is 0 Å². The van der Waals surface area contributed by atoms with Crippen molar-refractivity contribution in [2.24, 2.45) is 0 Å². The monoisotopic (exact) mass is 495 g/mol. The van der Waals surface area contributed by atoms with Gasteiger partial charge in [-0.2, -0.15) is 18.4 Å². The van der Waals surface area contributed by atoms with Crippen LogP contribution < -0.4 is 9.64 Å². The Balaban J connectivity index is 1.57. The summed E-state index contributed by atoms with van der Waals surface area (Å²) in [6.07, 6.45) is -2.06. The number of rotatable bonds is 6. The molecule has 1 aromatic heterocycles. The Morgan fingerprint density at radius 1 is 1.22 bits per heavy atom. The average molecular weight is 496 g/mol. The highest BCUT2D eigenvalue weighted by Gasteiger charge is 2.37. The van der Waals surface area contributed by atoms with Gasteiger partial charge in [-0.05, 0) is 67.6 Å². The van der Waals surface area contributed by atoms with E-state index in [1.165, 1.54) is 11.0 Å². The van der Waals surface area contributed by atoms with Gasteiger partial charge in [0.15, 0.2) is 0 Å². The number of nitriles is 1. The van der Waals surface area contributed by atoms with E-state index in [1.54, 1.807) is 12.3 Å². The summed E-state index contributed by atoms with van der Waals surface area (Å²) < 4.78 is 44.9. The smallest absolute Gasteiger partial charge is 0.416 e. The molecule has 0 amide bonds. The minimum atomic E-state index is -4.59. The first-order chi connectivity index (χ1) is 17.2. The summed E-state index contributed by atoms with van der Waals surface area (Å²) in [6, 6.07) is 15.0. The number of alkyl halides is 3. The number of anilines is 1. The number of aromatic nitrogens is 1. The highest BCUT2D eigenvalue weighted by molar-refractivity contribution is 5.80. The van der Waals surface area contributed by atoms with Gasteiger partial charge in [0.1, 0.15) is 17.9 Å². The van der Waals surface area contributed by atoms with Crippen molar-refractivity contribution in [3.8, 4) is 23.1 Å². The van der Waals surface area contributed by atoms with Crippen molar-refractivity contribution in [3.05, 3.63) is 77.5 Å². The van der Waals surface area contributed by atoms with Gasteiger partial charge in [-0.25, -0.2) is 4.79 Å². The van der Waals surface area contributed by atoms with Crippen LogP contribution in [-0.4, -0.2) is 35.3 Å². The zero-order chi connectivity index (χ0) is 25.9. The number of pyridine rings is 1. The molecule has 0 saturated carbocycles. The highest BCUT2D eigenvalue weighted by Crippen LogP contribution is 2.38. The lowest BCUT2D eigenvalue weighted by atomic mass is 9.85. The largest absolute Gasteiger partial charge is 0.493 e. The molecule has 2 atom stereocenters. The summed E-state index contributed by atoms with van der Waals surface area (Å²) in [5.41, 5.74) is 1.52. The third-order valence-electron chi connectivity index (χ3n) is 6.36. The third-order valence-corrected chi connectivity index (χ3v) is 6.36. The molecule has 2 heterocycles. The number of carbonyl (C=O) groups is 1. The Kier molecular flexibility index (Phi) is 7.15. The number of benzene rings is 2. The maximum atomic E-state index is 13.1. The van der Waals surface area contributed by atoms with E-state index in [0.717, 1.165) is 34.7 Å². The van der Waals surface area contributed by atoms with Crippen LogP contribution in [0, 0.1) is 11.3 Å². The number of halogens is 3. The van der Waals surface area contributed by atoms with Gasteiger partial charge in [0.25, 0.3) is 0 Å². The van der Waals surface area contributed by atoms with Crippen molar-refractivity contribution in [3.63, 3.8) is 0 Å². The summed E-state index contributed by atoms with van der Waals surface area (Å²) in [5, 5.41) is 19.4. The van der Waals surface area contributed by atoms with Gasteiger partial charge < -0.3 is 14.7 Å². The van der Waals surface area contributed by atoms with E-state index < -0.39 is 23.8 Å². The van der Waals surface area contributed by atoms with Crippen molar-refractivity contribution in [1.29, 1.82) is 5.26 Å². The Morgan fingerprint density at radius 3 is 2.64 bits per heavy atom. The van der Waals surface area contributed by atoms with E-state index in [4.69, 9.17) is 4.74 Å². The summed E-state index contributed by atoms with van der Waals surface area (Å²) in [4.78, 5) is 18.2. The molecule has 1 aliphatic rings. The maximum absolute atomic E-state index is 13.1. The molecule has 0 spiro atoms. The van der Waals surface area contributed by atoms with Gasteiger partial charge >= 0.3 is 12.1 Å². The maximum Gasteiger partial charge on any atom is 0.416 e. The molecule has 6 nitrogen and oxygen atoms in total. The molecular weight excluding hydrogens is 471 g/mol. The molecule has 3 aromatic rings. The Morgan fingerprint density at radius 2 is 2.00 bits per heavy atom. The molecule has 186 valence electrons. The van der Waals surface area contributed by atoms with Crippen LogP contribution >= 0.6 is 0 Å². The number of piperidine rings is 1. The zero-order valence-electron chi connectivity index (χ0n) is 19.5. The predicted molar refractivity (Wildman–Crippen MR) is 128 cm³/mol. The fraction of sp³-hybridized carbons (Fsp3) is 0.296. The van der Waals surface area contributed by atoms with E-state index in [2.05, 4.69) is 4.98 Å². The number of hydrogen-bond acceptors (Lipinski definition) is 5. The molecule has 0 aliphatic carbocycles. The number of para-hydroxylation sites is 1. The van der Waals surface area contributed by atoms with Gasteiger partial charge in [0.2, 0.25) is 0 Å². The first-order valence-corrected chi connectivity index (χ1v) is 11.5. The first-order valence-electron chi connectivity index (χ1n) is 11.5. The number of carboxylic acids is 1. The summed E-state index contributed by atoms with van der Waals surface area (Å²) in [6.45, 7) is 2.70. The van der Waals surface area contributed by atoms with Crippen LogP contribution in [0.1, 0.15) is 42.4 Å². The fourth-order valence-corrected chi connectivity index (χ4v) is 4.61. The molecule has 1 saturated heterocycles. The molecule has 1 aliphatic heterocycles. The lowest BCUT2D eigenvalue weighted by Gasteiger charge is -2.39. The number of hydrogen-bond donors (Lipinski definition) is 1. The Bertz CT molecular complexity index is 1290. The normalized spacial score (nSPS) is 17.9. The molecule has 0 radical (unpaired) electrons. The van der Waals surface area contributed by atoms with Gasteiger partial charge in [0, 0.05) is 18.3 Å². The van der Waals surface area contributed by atoms with Crippen LogP contribution in [0.3, 0.4) is 0 Å². The third kappa shape index (κ3) is 5.13. The molecule has 0 bridgehead atoms. The molecule has 9 heteroatoms. The minimum absolute atomic E-state index is 0.106. The Labute approximate surface area is 206 Å². The molecule has 2 aromatic carbocycles. The van der Waals surface area contributed by atoms with Crippen molar-refractivity contribution in [2.75, 3.05) is 18.1 Å². The van der Waals surface area contributed by atoms with Crippen LogP contribution in [0.2, 0.25) is 0 Å². The van der Waals surface area contributed by atoms with E-state index in [9.17, 15) is 28.3 Å². The number of nitrogens with zero attached hydrogens (tertiary/aromatic N) is 3. The van der Waals surface area contributed by atoms with Crippen LogP contribution in [0.4, 0.5) is 18.9 Å². The molecular formula is C27H24F3N3O3. The van der Waals surface area contributed by atoms with Crippen molar-refractivity contribution < 1.29 is 27.8 Å². The number of ether oxygens (including phenoxy) is 1. The second-order valence-corrected chi connectivity index (χ2v) is 8.52. The lowest BCUT2D eigenvalue weighted by Crippen LogP contribution is -2.47. The molecule has 36 heavy (non-hydrogen) atoms. The Hall–Kier alpha value is -4.06. The number of carboxylic acid groups (broad SMARTS) is 1. The average Bonchev–Trinajstić information content (AvgIpc) is 2.88. The van der Waals surface area contributed by atoms with Gasteiger partial charge in [-0.15, -0.1) is 0 Å². The zero-order valence-corrected chi connectivity index (χ0v) is 19.5.